The summed E-state index contributed by atoms with van der Waals surface area (Å²) in [4.78, 5) is 10.8. The van der Waals surface area contributed by atoms with Gasteiger partial charge in [-0.1, -0.05) is 6.07 Å². The highest BCUT2D eigenvalue weighted by Gasteiger charge is 2.09. The lowest BCUT2D eigenvalue weighted by Gasteiger charge is -2.13. The van der Waals surface area contributed by atoms with Crippen LogP contribution in [0.25, 0.3) is 0 Å². The second kappa shape index (κ2) is 4.13. The van der Waals surface area contributed by atoms with Gasteiger partial charge in [0.2, 0.25) is 0 Å². The highest BCUT2D eigenvalue weighted by atomic mass is 16.4. The van der Waals surface area contributed by atoms with E-state index in [0.29, 0.717) is 11.6 Å². The van der Waals surface area contributed by atoms with Gasteiger partial charge >= 0.3 is 5.97 Å². The molecule has 1 aromatic rings. The molecule has 0 aromatic heterocycles. The number of nitrogens with one attached hydrogen (secondary N) is 1. The number of carboxylic acid groups (broad SMARTS) is 1. The maximum absolute atomic E-state index is 10.8. The van der Waals surface area contributed by atoms with E-state index in [1.54, 1.807) is 12.1 Å². The van der Waals surface area contributed by atoms with Crippen molar-refractivity contribution in [3.63, 3.8) is 0 Å². The minimum Gasteiger partial charge on any atom is -0.478 e. The van der Waals surface area contributed by atoms with Crippen molar-refractivity contribution in [2.24, 2.45) is 0 Å². The Morgan fingerprint density at radius 2 is 2.07 bits per heavy atom. The van der Waals surface area contributed by atoms with Crippen molar-refractivity contribution in [3.05, 3.63) is 29.3 Å². The molecule has 2 N–H and O–H groups in total. The van der Waals surface area contributed by atoms with E-state index in [-0.39, 0.29) is 0 Å². The van der Waals surface area contributed by atoms with Gasteiger partial charge in [0.1, 0.15) is 0 Å². The predicted octanol–water partition coefficient (Wildman–Crippen LogP) is 2.51. The van der Waals surface area contributed by atoms with Gasteiger partial charge in [-0.2, -0.15) is 0 Å². The van der Waals surface area contributed by atoms with E-state index in [2.05, 4.69) is 5.32 Å². The normalized spacial score (nSPS) is 10.3. The van der Waals surface area contributed by atoms with Crippen molar-refractivity contribution in [2.75, 3.05) is 5.32 Å². The van der Waals surface area contributed by atoms with Crippen LogP contribution in [0.2, 0.25) is 0 Å². The topological polar surface area (TPSA) is 49.3 Å². The molecule has 0 bridgehead atoms. The SMILES string of the molecule is Cc1c(NC(C)C)cccc1C(=O)O. The van der Waals surface area contributed by atoms with Gasteiger partial charge in [-0.25, -0.2) is 4.79 Å². The van der Waals surface area contributed by atoms with Gasteiger partial charge in [0.25, 0.3) is 0 Å². The van der Waals surface area contributed by atoms with Crippen molar-refractivity contribution in [2.45, 2.75) is 26.8 Å². The van der Waals surface area contributed by atoms with Crippen LogP contribution >= 0.6 is 0 Å². The summed E-state index contributed by atoms with van der Waals surface area (Å²) in [6.07, 6.45) is 0. The average Bonchev–Trinajstić information content (AvgIpc) is 2.07. The van der Waals surface area contributed by atoms with Gasteiger partial charge in [-0.15, -0.1) is 0 Å². The molecule has 0 aliphatic rings. The quantitative estimate of drug-likeness (QED) is 0.775. The molecule has 1 aromatic carbocycles. The lowest BCUT2D eigenvalue weighted by molar-refractivity contribution is 0.0696. The molecule has 1 rings (SSSR count). The fourth-order valence-electron chi connectivity index (χ4n) is 1.33. The summed E-state index contributed by atoms with van der Waals surface area (Å²) in [5, 5.41) is 12.1. The van der Waals surface area contributed by atoms with Crippen molar-refractivity contribution >= 4 is 11.7 Å². The maximum atomic E-state index is 10.8. The zero-order valence-corrected chi connectivity index (χ0v) is 8.66. The molecule has 0 saturated heterocycles. The van der Waals surface area contributed by atoms with Crippen molar-refractivity contribution in [3.8, 4) is 0 Å². The molecule has 0 saturated carbocycles. The first-order chi connectivity index (χ1) is 6.52. The second-order valence-corrected chi connectivity index (χ2v) is 3.58. The first-order valence-electron chi connectivity index (χ1n) is 4.62. The lowest BCUT2D eigenvalue weighted by Crippen LogP contribution is -2.12. The van der Waals surface area contributed by atoms with Crippen LogP contribution in [0.4, 0.5) is 5.69 Å². The molecular weight excluding hydrogens is 178 g/mol. The molecule has 0 radical (unpaired) electrons. The Balaban J connectivity index is 3.07. The third kappa shape index (κ3) is 2.25. The van der Waals surface area contributed by atoms with Crippen molar-refractivity contribution < 1.29 is 9.90 Å². The Hall–Kier alpha value is -1.51. The van der Waals surface area contributed by atoms with Gasteiger partial charge < -0.3 is 10.4 Å². The van der Waals surface area contributed by atoms with E-state index < -0.39 is 5.97 Å². The van der Waals surface area contributed by atoms with Gasteiger partial charge in [0.05, 0.1) is 5.56 Å². The first-order valence-corrected chi connectivity index (χ1v) is 4.62. The molecule has 0 unspecified atom stereocenters. The summed E-state index contributed by atoms with van der Waals surface area (Å²) in [6, 6.07) is 5.56. The summed E-state index contributed by atoms with van der Waals surface area (Å²) >= 11 is 0. The first kappa shape index (κ1) is 10.6. The Morgan fingerprint density at radius 1 is 1.43 bits per heavy atom. The molecule has 0 amide bonds. The van der Waals surface area contributed by atoms with E-state index in [1.165, 1.54) is 0 Å². The minimum absolute atomic E-state index is 0.303. The maximum Gasteiger partial charge on any atom is 0.336 e. The Labute approximate surface area is 83.8 Å². The van der Waals surface area contributed by atoms with Crippen LogP contribution in [0, 0.1) is 6.92 Å². The lowest BCUT2D eigenvalue weighted by atomic mass is 10.1. The molecule has 3 heteroatoms. The summed E-state index contributed by atoms with van der Waals surface area (Å²) < 4.78 is 0. The van der Waals surface area contributed by atoms with E-state index in [9.17, 15) is 4.79 Å². The standard InChI is InChI=1S/C11H15NO2/c1-7(2)12-10-6-4-5-9(8(10)3)11(13)14/h4-7,12H,1-3H3,(H,13,14). The van der Waals surface area contributed by atoms with E-state index >= 15 is 0 Å². The molecule has 0 fully saturated rings. The van der Waals surface area contributed by atoms with Crippen molar-refractivity contribution in [1.29, 1.82) is 0 Å². The molecule has 14 heavy (non-hydrogen) atoms. The van der Waals surface area contributed by atoms with Gasteiger partial charge in [0, 0.05) is 11.7 Å². The number of hydrogen-bond donors (Lipinski definition) is 2. The Bertz CT molecular complexity index is 345. The van der Waals surface area contributed by atoms with E-state index in [1.807, 2.05) is 26.8 Å². The monoisotopic (exact) mass is 193 g/mol. The van der Waals surface area contributed by atoms with E-state index in [0.717, 1.165) is 11.3 Å². The smallest absolute Gasteiger partial charge is 0.336 e. The number of rotatable bonds is 3. The van der Waals surface area contributed by atoms with Crippen LogP contribution in [0.5, 0.6) is 0 Å². The summed E-state index contributed by atoms with van der Waals surface area (Å²) in [7, 11) is 0. The summed E-state index contributed by atoms with van der Waals surface area (Å²) in [5.41, 5.74) is 2.03. The molecule has 3 nitrogen and oxygen atoms in total. The Morgan fingerprint density at radius 3 is 2.57 bits per heavy atom. The molecule has 0 aliphatic heterocycles. The average molecular weight is 193 g/mol. The highest BCUT2D eigenvalue weighted by molar-refractivity contribution is 5.91. The number of benzene rings is 1. The zero-order valence-electron chi connectivity index (χ0n) is 8.66. The molecule has 0 atom stereocenters. The van der Waals surface area contributed by atoms with Crippen LogP contribution in [0.15, 0.2) is 18.2 Å². The van der Waals surface area contributed by atoms with Gasteiger partial charge in [-0.05, 0) is 38.5 Å². The fourth-order valence-corrected chi connectivity index (χ4v) is 1.33. The molecule has 0 heterocycles. The van der Waals surface area contributed by atoms with Crippen LogP contribution in [-0.4, -0.2) is 17.1 Å². The van der Waals surface area contributed by atoms with Crippen molar-refractivity contribution in [1.82, 2.24) is 0 Å². The third-order valence-electron chi connectivity index (χ3n) is 2.01. The highest BCUT2D eigenvalue weighted by Crippen LogP contribution is 2.19. The van der Waals surface area contributed by atoms with Crippen LogP contribution < -0.4 is 5.32 Å². The third-order valence-corrected chi connectivity index (χ3v) is 2.01. The van der Waals surface area contributed by atoms with Gasteiger partial charge in [0.15, 0.2) is 0 Å². The van der Waals surface area contributed by atoms with Gasteiger partial charge in [-0.3, -0.25) is 0 Å². The van der Waals surface area contributed by atoms with E-state index in [4.69, 9.17) is 5.11 Å². The molecule has 0 aliphatic carbocycles. The summed E-state index contributed by atoms with van der Waals surface area (Å²) in [6.45, 7) is 5.86. The Kier molecular flexibility index (Phi) is 3.12. The number of aromatic carboxylic acids is 1. The zero-order chi connectivity index (χ0) is 10.7. The fraction of sp³-hybridized carbons (Fsp3) is 0.364. The summed E-state index contributed by atoms with van der Waals surface area (Å²) in [5.74, 6) is -0.880. The molecular formula is C11H15NO2. The largest absolute Gasteiger partial charge is 0.478 e. The number of carbonyl (C=O) groups is 1. The van der Waals surface area contributed by atoms with Crippen LogP contribution in [-0.2, 0) is 0 Å². The number of hydrogen-bond acceptors (Lipinski definition) is 2. The van der Waals surface area contributed by atoms with Crippen LogP contribution in [0.3, 0.4) is 0 Å². The number of anilines is 1. The molecule has 0 spiro atoms. The molecule has 76 valence electrons. The van der Waals surface area contributed by atoms with Crippen LogP contribution in [0.1, 0.15) is 29.8 Å². The predicted molar refractivity (Wildman–Crippen MR) is 56.9 cm³/mol. The minimum atomic E-state index is -0.880. The second-order valence-electron chi connectivity index (χ2n) is 3.58. The number of carboxylic acids is 1.